The van der Waals surface area contributed by atoms with Gasteiger partial charge in [-0.2, -0.15) is 0 Å². The molecule has 0 bridgehead atoms. The average molecular weight is 367 g/mol. The lowest BCUT2D eigenvalue weighted by molar-refractivity contribution is -0.121. The van der Waals surface area contributed by atoms with E-state index in [-0.39, 0.29) is 17.9 Å². The van der Waals surface area contributed by atoms with E-state index in [0.717, 1.165) is 43.9 Å². The van der Waals surface area contributed by atoms with Gasteiger partial charge in [0.2, 0.25) is 5.91 Å². The Bertz CT molecular complexity index is 747. The van der Waals surface area contributed by atoms with E-state index in [1.54, 1.807) is 0 Å². The zero-order chi connectivity index (χ0) is 19.2. The molecule has 1 aliphatic heterocycles. The molecule has 1 fully saturated rings. The molecule has 1 aliphatic rings. The first-order valence-corrected chi connectivity index (χ1v) is 9.85. The molecule has 0 radical (unpaired) electrons. The fraction of sp³-hybridized carbons (Fsp3) is 0.435. The van der Waals surface area contributed by atoms with Crippen molar-refractivity contribution in [1.82, 2.24) is 4.90 Å². The number of carbonyl (C=O) groups excluding carboxylic acids is 1. The maximum Gasteiger partial charge on any atom is 0.227 e. The molecule has 0 unspecified atom stereocenters. The Kier molecular flexibility index (Phi) is 6.51. The van der Waals surface area contributed by atoms with Gasteiger partial charge in [0.15, 0.2) is 0 Å². The summed E-state index contributed by atoms with van der Waals surface area (Å²) in [5, 5.41) is 3.05. The predicted molar refractivity (Wildman–Crippen MR) is 110 cm³/mol. The van der Waals surface area contributed by atoms with Gasteiger partial charge in [-0.3, -0.25) is 9.69 Å². The number of aryl methyl sites for hydroxylation is 1. The molecule has 1 N–H and O–H groups in total. The fourth-order valence-electron chi connectivity index (χ4n) is 3.56. The molecule has 0 saturated carbocycles. The summed E-state index contributed by atoms with van der Waals surface area (Å²) >= 11 is 0. The lowest BCUT2D eigenvalue weighted by Gasteiger charge is -2.31. The summed E-state index contributed by atoms with van der Waals surface area (Å²) in [7, 11) is 0. The quantitative estimate of drug-likeness (QED) is 0.810. The predicted octanol–water partition coefficient (Wildman–Crippen LogP) is 4.63. The van der Waals surface area contributed by atoms with Crippen LogP contribution in [0.25, 0.3) is 0 Å². The van der Waals surface area contributed by atoms with Gasteiger partial charge < -0.3 is 10.1 Å². The summed E-state index contributed by atoms with van der Waals surface area (Å²) in [6.45, 7) is 9.03. The highest BCUT2D eigenvalue weighted by Crippen LogP contribution is 2.22. The van der Waals surface area contributed by atoms with Crippen LogP contribution >= 0.6 is 0 Å². The molecule has 2 aromatic carbocycles. The molecule has 4 nitrogen and oxygen atoms in total. The number of likely N-dealkylation sites (tertiary alicyclic amines) is 1. The van der Waals surface area contributed by atoms with Crippen molar-refractivity contribution in [2.24, 2.45) is 5.92 Å². The first-order chi connectivity index (χ1) is 13.0. The summed E-state index contributed by atoms with van der Waals surface area (Å²) < 4.78 is 5.64. The molecule has 1 heterocycles. The third kappa shape index (κ3) is 5.83. The normalized spacial score (nSPS) is 15.7. The first-order valence-electron chi connectivity index (χ1n) is 9.85. The molecule has 27 heavy (non-hydrogen) atoms. The highest BCUT2D eigenvalue weighted by Gasteiger charge is 2.25. The number of benzene rings is 2. The molecular formula is C23H30N2O2. The van der Waals surface area contributed by atoms with E-state index >= 15 is 0 Å². The first kappa shape index (κ1) is 19.4. The van der Waals surface area contributed by atoms with Crippen molar-refractivity contribution >= 4 is 11.6 Å². The van der Waals surface area contributed by atoms with Crippen LogP contribution in [0.2, 0.25) is 0 Å². The molecular weight excluding hydrogens is 336 g/mol. The number of ether oxygens (including phenoxy) is 1. The lowest BCUT2D eigenvalue weighted by atomic mass is 9.95. The Morgan fingerprint density at radius 3 is 2.48 bits per heavy atom. The van der Waals surface area contributed by atoms with Gasteiger partial charge in [0.25, 0.3) is 0 Å². The molecule has 2 aromatic rings. The van der Waals surface area contributed by atoms with Crippen LogP contribution in [0.15, 0.2) is 48.5 Å². The third-order valence-corrected chi connectivity index (χ3v) is 4.94. The van der Waals surface area contributed by atoms with Crippen LogP contribution in [0, 0.1) is 12.8 Å². The smallest absolute Gasteiger partial charge is 0.227 e. The van der Waals surface area contributed by atoms with Gasteiger partial charge in [-0.25, -0.2) is 0 Å². The SMILES string of the molecule is Cc1cccc(CN2CCC(C(=O)Nc3ccc(OC(C)C)cc3)CC2)c1. The van der Waals surface area contributed by atoms with Crippen LogP contribution in [0.5, 0.6) is 5.75 Å². The molecule has 0 aromatic heterocycles. The molecule has 0 spiro atoms. The Balaban J connectivity index is 1.47. The number of rotatable bonds is 6. The summed E-state index contributed by atoms with van der Waals surface area (Å²) in [6, 6.07) is 16.3. The second-order valence-corrected chi connectivity index (χ2v) is 7.72. The number of hydrogen-bond acceptors (Lipinski definition) is 3. The molecule has 0 aliphatic carbocycles. The second-order valence-electron chi connectivity index (χ2n) is 7.72. The second kappa shape index (κ2) is 9.05. The van der Waals surface area contributed by atoms with Gasteiger partial charge in [0.1, 0.15) is 5.75 Å². The summed E-state index contributed by atoms with van der Waals surface area (Å²) in [4.78, 5) is 15.0. The van der Waals surface area contributed by atoms with E-state index in [9.17, 15) is 4.79 Å². The van der Waals surface area contributed by atoms with Gasteiger partial charge in [-0.1, -0.05) is 29.8 Å². The van der Waals surface area contributed by atoms with Crippen molar-refractivity contribution in [3.05, 3.63) is 59.7 Å². The standard InChI is InChI=1S/C23H30N2O2/c1-17(2)27-22-9-7-21(8-10-22)24-23(26)20-11-13-25(14-12-20)16-19-6-4-5-18(3)15-19/h4-10,15,17,20H,11-14,16H2,1-3H3,(H,24,26). The molecule has 0 atom stereocenters. The van der Waals surface area contributed by atoms with E-state index in [1.165, 1.54) is 11.1 Å². The minimum absolute atomic E-state index is 0.0883. The Morgan fingerprint density at radius 2 is 1.85 bits per heavy atom. The maximum atomic E-state index is 12.6. The fourth-order valence-corrected chi connectivity index (χ4v) is 3.56. The van der Waals surface area contributed by atoms with Gasteiger partial charge in [-0.15, -0.1) is 0 Å². The number of carbonyl (C=O) groups is 1. The Hall–Kier alpha value is -2.33. The highest BCUT2D eigenvalue weighted by atomic mass is 16.5. The average Bonchev–Trinajstić information content (AvgIpc) is 2.63. The minimum Gasteiger partial charge on any atom is -0.491 e. The van der Waals surface area contributed by atoms with Crippen molar-refractivity contribution in [3.8, 4) is 5.75 Å². The van der Waals surface area contributed by atoms with Crippen LogP contribution in [0.4, 0.5) is 5.69 Å². The van der Waals surface area contributed by atoms with Gasteiger partial charge in [0.05, 0.1) is 6.10 Å². The van der Waals surface area contributed by atoms with E-state index < -0.39 is 0 Å². The number of hydrogen-bond donors (Lipinski definition) is 1. The van der Waals surface area contributed by atoms with Crippen LogP contribution in [0.1, 0.15) is 37.8 Å². The van der Waals surface area contributed by atoms with Crippen LogP contribution < -0.4 is 10.1 Å². The van der Waals surface area contributed by atoms with Crippen molar-refractivity contribution in [1.29, 1.82) is 0 Å². The summed E-state index contributed by atoms with van der Waals surface area (Å²) in [6.07, 6.45) is 1.97. The minimum atomic E-state index is 0.0883. The lowest BCUT2D eigenvalue weighted by Crippen LogP contribution is -2.37. The van der Waals surface area contributed by atoms with Crippen LogP contribution in [0.3, 0.4) is 0 Å². The van der Waals surface area contributed by atoms with Crippen LogP contribution in [-0.4, -0.2) is 30.0 Å². The summed E-state index contributed by atoms with van der Waals surface area (Å²) in [5.41, 5.74) is 3.48. The number of amides is 1. The van der Waals surface area contributed by atoms with Gasteiger partial charge >= 0.3 is 0 Å². The topological polar surface area (TPSA) is 41.6 Å². The number of nitrogens with zero attached hydrogens (tertiary/aromatic N) is 1. The molecule has 4 heteroatoms. The van der Waals surface area contributed by atoms with E-state index in [0.29, 0.717) is 0 Å². The van der Waals surface area contributed by atoms with E-state index in [1.807, 2.05) is 38.1 Å². The molecule has 1 saturated heterocycles. The number of nitrogens with one attached hydrogen (secondary N) is 1. The highest BCUT2D eigenvalue weighted by molar-refractivity contribution is 5.92. The van der Waals surface area contributed by atoms with E-state index in [2.05, 4.69) is 41.4 Å². The number of anilines is 1. The Labute approximate surface area is 162 Å². The van der Waals surface area contributed by atoms with E-state index in [4.69, 9.17) is 4.74 Å². The third-order valence-electron chi connectivity index (χ3n) is 4.94. The van der Waals surface area contributed by atoms with Crippen molar-refractivity contribution in [2.75, 3.05) is 18.4 Å². The number of piperidine rings is 1. The molecule has 1 amide bonds. The van der Waals surface area contributed by atoms with Crippen molar-refractivity contribution in [2.45, 2.75) is 46.3 Å². The zero-order valence-electron chi connectivity index (χ0n) is 16.6. The summed E-state index contributed by atoms with van der Waals surface area (Å²) in [5.74, 6) is 1.04. The van der Waals surface area contributed by atoms with Crippen molar-refractivity contribution in [3.63, 3.8) is 0 Å². The van der Waals surface area contributed by atoms with Crippen LogP contribution in [-0.2, 0) is 11.3 Å². The molecule has 3 rings (SSSR count). The van der Waals surface area contributed by atoms with Gasteiger partial charge in [-0.05, 0) is 76.5 Å². The van der Waals surface area contributed by atoms with Crippen molar-refractivity contribution < 1.29 is 9.53 Å². The monoisotopic (exact) mass is 366 g/mol. The Morgan fingerprint density at radius 1 is 1.15 bits per heavy atom. The molecule has 144 valence electrons. The zero-order valence-corrected chi connectivity index (χ0v) is 16.6. The van der Waals surface area contributed by atoms with Gasteiger partial charge in [0, 0.05) is 18.2 Å². The largest absolute Gasteiger partial charge is 0.491 e. The maximum absolute atomic E-state index is 12.6.